The molecule has 4 atom stereocenters. The summed E-state index contributed by atoms with van der Waals surface area (Å²) in [5.41, 5.74) is 8.59. The van der Waals surface area contributed by atoms with E-state index in [2.05, 4.69) is 41.1 Å². The van der Waals surface area contributed by atoms with Crippen molar-refractivity contribution < 1.29 is 4.79 Å². The van der Waals surface area contributed by atoms with Crippen LogP contribution < -0.4 is 16.0 Å². The summed E-state index contributed by atoms with van der Waals surface area (Å²) in [6, 6.07) is 12.5. The number of amides is 1. The van der Waals surface area contributed by atoms with E-state index < -0.39 is 0 Å². The number of piperazine rings is 1. The molecule has 5 nitrogen and oxygen atoms in total. The molecule has 184 valence electrons. The van der Waals surface area contributed by atoms with Gasteiger partial charge in [-0.1, -0.05) is 47.3 Å². The zero-order valence-corrected chi connectivity index (χ0v) is 22.0. The fourth-order valence-corrected chi connectivity index (χ4v) is 6.17. The van der Waals surface area contributed by atoms with Crippen LogP contribution in [-0.4, -0.2) is 42.5 Å². The second-order valence-electron chi connectivity index (χ2n) is 9.65. The van der Waals surface area contributed by atoms with Crippen molar-refractivity contribution in [1.82, 2.24) is 4.90 Å². The zero-order valence-electron chi connectivity index (χ0n) is 19.7. The summed E-state index contributed by atoms with van der Waals surface area (Å²) in [5.74, 6) is -0.125. The molecule has 0 aromatic heterocycles. The summed E-state index contributed by atoms with van der Waals surface area (Å²) in [7, 11) is 0. The topological polar surface area (TPSA) is 61.6 Å². The summed E-state index contributed by atoms with van der Waals surface area (Å²) in [6.07, 6.45) is 4.05. The highest BCUT2D eigenvalue weighted by atomic mass is 35.5. The van der Waals surface area contributed by atoms with Crippen molar-refractivity contribution in [2.75, 3.05) is 29.9 Å². The van der Waals surface area contributed by atoms with Gasteiger partial charge in [-0.05, 0) is 69.0 Å². The molecule has 8 heteroatoms. The molecule has 2 aromatic carbocycles. The van der Waals surface area contributed by atoms with Gasteiger partial charge in [0, 0.05) is 53.4 Å². The number of rotatable bonds is 6. The van der Waals surface area contributed by atoms with Gasteiger partial charge in [0.15, 0.2) is 0 Å². The molecule has 3 N–H and O–H groups in total. The molecule has 2 fully saturated rings. The van der Waals surface area contributed by atoms with Gasteiger partial charge in [-0.25, -0.2) is 0 Å². The first kappa shape index (κ1) is 25.4. The SMILES string of the molecule is C[C@@H](Nc1cc(N2CCN([C@H]3CCC[C@H](C(N)=O)C3)C[C@@H]2C)ccc1Cl)c1ccc(Cl)cc1Cl. The third-order valence-electron chi connectivity index (χ3n) is 7.31. The standard InChI is InChI=1S/C26H33Cl3N4O/c1-16-15-32(20-5-3-4-18(12-20)26(30)34)10-11-33(16)21-7-9-23(28)25(14-21)31-17(2)22-8-6-19(27)13-24(22)29/h6-9,13-14,16-18,20,31H,3-5,10-12,15H2,1-2H3,(H2,30,34)/t16-,17+,18-,20-/m0/s1. The second kappa shape index (κ2) is 10.9. The summed E-state index contributed by atoms with van der Waals surface area (Å²) in [5, 5.41) is 5.44. The van der Waals surface area contributed by atoms with Crippen LogP contribution in [-0.2, 0) is 4.79 Å². The molecular weight excluding hydrogens is 491 g/mol. The first-order valence-corrected chi connectivity index (χ1v) is 13.2. The molecular formula is C26H33Cl3N4O. The molecule has 0 unspecified atom stereocenters. The van der Waals surface area contributed by atoms with Gasteiger partial charge < -0.3 is 16.0 Å². The van der Waals surface area contributed by atoms with Crippen LogP contribution in [0.15, 0.2) is 36.4 Å². The van der Waals surface area contributed by atoms with Gasteiger partial charge in [0.05, 0.1) is 16.8 Å². The number of halogens is 3. The molecule has 1 heterocycles. The lowest BCUT2D eigenvalue weighted by atomic mass is 9.84. The quantitative estimate of drug-likeness (QED) is 0.461. The van der Waals surface area contributed by atoms with Gasteiger partial charge in [0.1, 0.15) is 0 Å². The number of carbonyl (C=O) groups is 1. The second-order valence-corrected chi connectivity index (χ2v) is 10.9. The highest BCUT2D eigenvalue weighted by molar-refractivity contribution is 6.35. The Morgan fingerprint density at radius 3 is 2.59 bits per heavy atom. The average molecular weight is 524 g/mol. The van der Waals surface area contributed by atoms with Crippen molar-refractivity contribution in [1.29, 1.82) is 0 Å². The van der Waals surface area contributed by atoms with Crippen LogP contribution in [0, 0.1) is 5.92 Å². The normalized spacial score (nSPS) is 24.6. The molecule has 0 radical (unpaired) electrons. The number of benzene rings is 2. The third-order valence-corrected chi connectivity index (χ3v) is 8.20. The van der Waals surface area contributed by atoms with Crippen molar-refractivity contribution in [3.63, 3.8) is 0 Å². The average Bonchev–Trinajstić information content (AvgIpc) is 2.80. The fourth-order valence-electron chi connectivity index (χ4n) is 5.42. The molecule has 1 aliphatic heterocycles. The molecule has 1 saturated heterocycles. The van der Waals surface area contributed by atoms with E-state index >= 15 is 0 Å². The largest absolute Gasteiger partial charge is 0.377 e. The van der Waals surface area contributed by atoms with E-state index in [4.69, 9.17) is 40.5 Å². The van der Waals surface area contributed by atoms with Gasteiger partial charge in [0.25, 0.3) is 0 Å². The molecule has 0 bridgehead atoms. The Kier molecular flexibility index (Phi) is 8.19. The number of nitrogens with zero attached hydrogens (tertiary/aromatic N) is 2. The predicted octanol–water partition coefficient (Wildman–Crippen LogP) is 6.37. The first-order valence-electron chi connectivity index (χ1n) is 12.0. The Morgan fingerprint density at radius 2 is 1.88 bits per heavy atom. The van der Waals surface area contributed by atoms with E-state index in [1.165, 1.54) is 0 Å². The minimum Gasteiger partial charge on any atom is -0.377 e. The smallest absolute Gasteiger partial charge is 0.220 e. The number of nitrogens with two attached hydrogens (primary N) is 1. The predicted molar refractivity (Wildman–Crippen MR) is 143 cm³/mol. The van der Waals surface area contributed by atoms with Gasteiger partial charge in [0.2, 0.25) is 5.91 Å². The van der Waals surface area contributed by atoms with E-state index in [9.17, 15) is 4.79 Å². The molecule has 2 aromatic rings. The number of primary amides is 1. The molecule has 4 rings (SSSR count). The monoisotopic (exact) mass is 522 g/mol. The van der Waals surface area contributed by atoms with Crippen LogP contribution >= 0.6 is 34.8 Å². The van der Waals surface area contributed by atoms with Crippen molar-refractivity contribution in [3.8, 4) is 0 Å². The van der Waals surface area contributed by atoms with Crippen LogP contribution in [0.25, 0.3) is 0 Å². The maximum atomic E-state index is 11.7. The molecule has 0 spiro atoms. The third kappa shape index (κ3) is 5.76. The summed E-state index contributed by atoms with van der Waals surface area (Å²) in [6.45, 7) is 7.20. The number of nitrogens with one attached hydrogen (secondary N) is 1. The van der Waals surface area contributed by atoms with Crippen LogP contribution in [0.4, 0.5) is 11.4 Å². The Bertz CT molecular complexity index is 1030. The van der Waals surface area contributed by atoms with Crippen molar-refractivity contribution in [2.24, 2.45) is 11.7 Å². The van der Waals surface area contributed by atoms with Crippen LogP contribution in [0.5, 0.6) is 0 Å². The Balaban J connectivity index is 1.44. The molecule has 1 saturated carbocycles. The molecule has 2 aliphatic rings. The zero-order chi connectivity index (χ0) is 24.4. The summed E-state index contributed by atoms with van der Waals surface area (Å²) >= 11 is 19.0. The highest BCUT2D eigenvalue weighted by Crippen LogP contribution is 2.35. The van der Waals surface area contributed by atoms with Crippen LogP contribution in [0.1, 0.15) is 51.1 Å². The van der Waals surface area contributed by atoms with Gasteiger partial charge in [-0.2, -0.15) is 0 Å². The number of hydrogen-bond donors (Lipinski definition) is 2. The lowest BCUT2D eigenvalue weighted by Gasteiger charge is -2.46. The molecule has 1 aliphatic carbocycles. The summed E-state index contributed by atoms with van der Waals surface area (Å²) in [4.78, 5) is 16.7. The molecule has 1 amide bonds. The van der Waals surface area contributed by atoms with E-state index in [1.807, 2.05) is 18.2 Å². The van der Waals surface area contributed by atoms with E-state index in [0.717, 1.165) is 62.3 Å². The van der Waals surface area contributed by atoms with E-state index in [1.54, 1.807) is 6.07 Å². The maximum Gasteiger partial charge on any atom is 0.220 e. The first-order chi connectivity index (χ1) is 16.2. The minimum absolute atomic E-state index is 0.0214. The Labute approximate surface area is 217 Å². The van der Waals surface area contributed by atoms with Crippen LogP contribution in [0.3, 0.4) is 0 Å². The highest BCUT2D eigenvalue weighted by Gasteiger charge is 2.33. The number of anilines is 2. The van der Waals surface area contributed by atoms with Gasteiger partial charge >= 0.3 is 0 Å². The van der Waals surface area contributed by atoms with E-state index in [-0.39, 0.29) is 17.9 Å². The fraction of sp³-hybridized carbons (Fsp3) is 0.500. The van der Waals surface area contributed by atoms with Crippen molar-refractivity contribution >= 4 is 52.1 Å². The van der Waals surface area contributed by atoms with Gasteiger partial charge in [-0.15, -0.1) is 0 Å². The lowest BCUT2D eigenvalue weighted by Crippen LogP contribution is -2.56. The van der Waals surface area contributed by atoms with Gasteiger partial charge in [-0.3, -0.25) is 9.69 Å². The van der Waals surface area contributed by atoms with Crippen LogP contribution in [0.2, 0.25) is 15.1 Å². The van der Waals surface area contributed by atoms with Crippen molar-refractivity contribution in [3.05, 3.63) is 57.0 Å². The summed E-state index contributed by atoms with van der Waals surface area (Å²) < 4.78 is 0. The molecule has 34 heavy (non-hydrogen) atoms. The minimum atomic E-state index is -0.147. The Hall–Kier alpha value is -1.66. The lowest BCUT2D eigenvalue weighted by molar-refractivity contribution is -0.123. The number of carbonyl (C=O) groups excluding carboxylic acids is 1. The number of hydrogen-bond acceptors (Lipinski definition) is 4. The Morgan fingerprint density at radius 1 is 1.09 bits per heavy atom. The van der Waals surface area contributed by atoms with Crippen molar-refractivity contribution in [2.45, 2.75) is 57.7 Å². The van der Waals surface area contributed by atoms with E-state index in [0.29, 0.717) is 27.2 Å². The maximum absolute atomic E-state index is 11.7.